The number of sulfone groups is 1. The first kappa shape index (κ1) is 21.2. The van der Waals surface area contributed by atoms with E-state index in [2.05, 4.69) is 10.3 Å². The molecule has 3 unspecified atom stereocenters. The van der Waals surface area contributed by atoms with Crippen molar-refractivity contribution in [1.82, 2.24) is 10.3 Å². The molecule has 0 saturated heterocycles. The third kappa shape index (κ3) is 4.36. The monoisotopic (exact) mass is 466 g/mol. The highest BCUT2D eigenvalue weighted by Gasteiger charge is 2.37. The van der Waals surface area contributed by atoms with Crippen LogP contribution in [0, 0.1) is 0 Å². The van der Waals surface area contributed by atoms with E-state index in [9.17, 15) is 17.6 Å². The van der Waals surface area contributed by atoms with Crippen molar-refractivity contribution in [2.45, 2.75) is 47.5 Å². The molecule has 2 aromatic heterocycles. The lowest BCUT2D eigenvalue weighted by atomic mass is 9.98. The molecule has 2 heterocycles. The van der Waals surface area contributed by atoms with Crippen molar-refractivity contribution >= 4 is 48.8 Å². The average Bonchev–Trinajstić information content (AvgIpc) is 3.18. The molecular weight excluding hydrogens is 447 g/mol. The molecule has 1 amide bonds. The first-order valence-corrected chi connectivity index (χ1v) is 12.4. The number of pyridine rings is 1. The predicted octanol–water partition coefficient (Wildman–Crippen LogP) is 4.50. The molecule has 1 aliphatic rings. The summed E-state index contributed by atoms with van der Waals surface area (Å²) in [5.41, 5.74) is 0.776. The van der Waals surface area contributed by atoms with Crippen LogP contribution in [-0.4, -0.2) is 36.1 Å². The van der Waals surface area contributed by atoms with Crippen molar-refractivity contribution in [3.8, 4) is 0 Å². The van der Waals surface area contributed by atoms with Crippen molar-refractivity contribution in [3.05, 3.63) is 59.2 Å². The van der Waals surface area contributed by atoms with Gasteiger partial charge in [-0.05, 0) is 54.5 Å². The Morgan fingerprint density at radius 1 is 1.23 bits per heavy atom. The van der Waals surface area contributed by atoms with E-state index in [0.717, 1.165) is 15.6 Å². The van der Waals surface area contributed by atoms with E-state index >= 15 is 0 Å². The number of amides is 1. The van der Waals surface area contributed by atoms with Gasteiger partial charge in [0.15, 0.2) is 9.84 Å². The fraction of sp³-hybridized carbons (Fsp3) is 0.333. The number of halogens is 2. The maximum Gasteiger partial charge on any atom is 0.261 e. The summed E-state index contributed by atoms with van der Waals surface area (Å²) in [6.07, 6.45) is 2.74. The molecule has 4 rings (SSSR count). The van der Waals surface area contributed by atoms with Gasteiger partial charge in [-0.3, -0.25) is 9.78 Å². The number of rotatable bonds is 5. The van der Waals surface area contributed by atoms with Crippen LogP contribution in [0.15, 0.2) is 53.7 Å². The van der Waals surface area contributed by atoms with Crippen LogP contribution in [-0.2, 0) is 16.4 Å². The highest BCUT2D eigenvalue weighted by molar-refractivity contribution is 7.92. The Morgan fingerprint density at radius 2 is 2.00 bits per heavy atom. The van der Waals surface area contributed by atoms with E-state index in [1.165, 1.54) is 23.5 Å². The van der Waals surface area contributed by atoms with Crippen molar-refractivity contribution in [1.29, 1.82) is 0 Å². The first-order chi connectivity index (χ1) is 14.3. The lowest BCUT2D eigenvalue weighted by molar-refractivity contribution is 0.0955. The van der Waals surface area contributed by atoms with E-state index in [1.807, 2.05) is 12.1 Å². The highest BCUT2D eigenvalue weighted by Crippen LogP contribution is 2.33. The summed E-state index contributed by atoms with van der Waals surface area (Å²) in [6.45, 7) is 0.273. The molecule has 9 heteroatoms. The Balaban J connectivity index is 1.40. The van der Waals surface area contributed by atoms with Crippen molar-refractivity contribution < 1.29 is 17.6 Å². The van der Waals surface area contributed by atoms with Gasteiger partial charge in [0.2, 0.25) is 0 Å². The molecule has 1 aromatic carbocycles. The summed E-state index contributed by atoms with van der Waals surface area (Å²) >= 11 is 7.24. The van der Waals surface area contributed by atoms with Gasteiger partial charge in [0.1, 0.15) is 6.17 Å². The summed E-state index contributed by atoms with van der Waals surface area (Å²) in [4.78, 5) is 17.2. The number of aromatic nitrogens is 1. The molecule has 1 saturated carbocycles. The minimum atomic E-state index is -3.61. The molecule has 30 heavy (non-hydrogen) atoms. The van der Waals surface area contributed by atoms with Crippen LogP contribution < -0.4 is 5.32 Å². The fourth-order valence-corrected chi connectivity index (χ4v) is 6.54. The maximum atomic E-state index is 13.9. The Labute approximate surface area is 183 Å². The second-order valence-corrected chi connectivity index (χ2v) is 11.2. The molecule has 0 radical (unpaired) electrons. The van der Waals surface area contributed by atoms with Crippen LogP contribution in [0.1, 0.15) is 34.5 Å². The normalized spacial score (nSPS) is 22.1. The van der Waals surface area contributed by atoms with E-state index < -0.39 is 26.6 Å². The van der Waals surface area contributed by atoms with E-state index in [1.54, 1.807) is 24.5 Å². The van der Waals surface area contributed by atoms with Crippen LogP contribution >= 0.6 is 22.9 Å². The van der Waals surface area contributed by atoms with Gasteiger partial charge >= 0.3 is 0 Å². The maximum absolute atomic E-state index is 13.9. The van der Waals surface area contributed by atoms with Crippen LogP contribution in [0.2, 0.25) is 0 Å². The second-order valence-electron chi connectivity index (χ2n) is 7.36. The second kappa shape index (κ2) is 8.61. The zero-order valence-corrected chi connectivity index (χ0v) is 18.3. The number of hydrogen-bond acceptors (Lipinski definition) is 5. The van der Waals surface area contributed by atoms with Crippen LogP contribution in [0.3, 0.4) is 0 Å². The molecule has 158 valence electrons. The number of nitrogens with one attached hydrogen (secondary N) is 1. The Bertz CT molecular complexity index is 1130. The summed E-state index contributed by atoms with van der Waals surface area (Å²) in [5, 5.41) is 2.45. The van der Waals surface area contributed by atoms with Crippen LogP contribution in [0.25, 0.3) is 10.1 Å². The summed E-state index contributed by atoms with van der Waals surface area (Å²) in [7, 11) is -3.61. The number of benzene rings is 1. The zero-order chi connectivity index (χ0) is 21.3. The summed E-state index contributed by atoms with van der Waals surface area (Å²) in [5.74, 6) is -0.195. The Morgan fingerprint density at radius 3 is 2.70 bits per heavy atom. The Hall–Kier alpha value is -2.03. The molecule has 5 nitrogen and oxygen atoms in total. The van der Waals surface area contributed by atoms with Gasteiger partial charge in [-0.1, -0.05) is 12.1 Å². The molecular formula is C21H20ClFN2O3S2. The van der Waals surface area contributed by atoms with Crippen LogP contribution in [0.4, 0.5) is 4.39 Å². The third-order valence-electron chi connectivity index (χ3n) is 5.34. The standard InChI is InChI=1S/C21H20ClFN2O3S2/c22-17-6-5-16(10-18(17)23)30(27,28)15-3-1-13(2-4-15)11-25-21(26)19-9-14-7-8-24-12-20(14)29-19/h1-4,7-9,12,16-18H,5-6,10-11H2,(H,25,26). The first-order valence-electron chi connectivity index (χ1n) is 9.57. The average molecular weight is 467 g/mol. The van der Waals surface area contributed by atoms with E-state index in [4.69, 9.17) is 11.6 Å². The van der Waals surface area contributed by atoms with Crippen molar-refractivity contribution in [2.24, 2.45) is 0 Å². The third-order valence-corrected chi connectivity index (χ3v) is 9.15. The van der Waals surface area contributed by atoms with Gasteiger partial charge in [-0.15, -0.1) is 22.9 Å². The molecule has 3 aromatic rings. The fourth-order valence-electron chi connectivity index (χ4n) is 3.58. The highest BCUT2D eigenvalue weighted by atomic mass is 35.5. The lowest BCUT2D eigenvalue weighted by Gasteiger charge is -2.28. The minimum absolute atomic E-state index is 0.0704. The Kier molecular flexibility index (Phi) is 6.09. The number of alkyl halides is 2. The molecule has 0 spiro atoms. The van der Waals surface area contributed by atoms with Crippen molar-refractivity contribution in [2.75, 3.05) is 0 Å². The number of carbonyl (C=O) groups excluding carboxylic acids is 1. The molecule has 0 aliphatic heterocycles. The molecule has 1 fully saturated rings. The van der Waals surface area contributed by atoms with Gasteiger partial charge in [0, 0.05) is 18.9 Å². The smallest absolute Gasteiger partial charge is 0.261 e. The number of thiophene rings is 1. The van der Waals surface area contributed by atoms with Crippen LogP contribution in [0.5, 0.6) is 0 Å². The van der Waals surface area contributed by atoms with E-state index in [0.29, 0.717) is 17.7 Å². The summed E-state index contributed by atoms with van der Waals surface area (Å²) in [6, 6.07) is 10.0. The van der Waals surface area contributed by atoms with Gasteiger partial charge in [0.25, 0.3) is 5.91 Å². The number of carbonyl (C=O) groups is 1. The molecule has 1 N–H and O–H groups in total. The number of nitrogens with zero attached hydrogens (tertiary/aromatic N) is 1. The zero-order valence-electron chi connectivity index (χ0n) is 15.9. The molecule has 3 atom stereocenters. The van der Waals surface area contributed by atoms with Gasteiger partial charge in [-0.25, -0.2) is 12.8 Å². The topological polar surface area (TPSA) is 76.1 Å². The number of fused-ring (bicyclic) bond motifs is 1. The minimum Gasteiger partial charge on any atom is -0.347 e. The van der Waals surface area contributed by atoms with Gasteiger partial charge < -0.3 is 5.32 Å². The van der Waals surface area contributed by atoms with Gasteiger partial charge in [-0.2, -0.15) is 0 Å². The quantitative estimate of drug-likeness (QED) is 0.562. The van der Waals surface area contributed by atoms with E-state index in [-0.39, 0.29) is 23.8 Å². The summed E-state index contributed by atoms with van der Waals surface area (Å²) < 4.78 is 40.4. The SMILES string of the molecule is O=C(NCc1ccc(S(=O)(=O)C2CCC(Cl)C(F)C2)cc1)c1cc2ccncc2s1. The lowest BCUT2D eigenvalue weighted by Crippen LogP contribution is -2.34. The number of hydrogen-bond donors (Lipinski definition) is 1. The van der Waals surface area contributed by atoms with Gasteiger partial charge in [0.05, 0.1) is 25.1 Å². The predicted molar refractivity (Wildman–Crippen MR) is 117 cm³/mol. The van der Waals surface area contributed by atoms with Crippen molar-refractivity contribution in [3.63, 3.8) is 0 Å². The molecule has 1 aliphatic carbocycles. The largest absolute Gasteiger partial charge is 0.347 e. The molecule has 0 bridgehead atoms.